The molecule has 0 saturated carbocycles. The van der Waals surface area contributed by atoms with Gasteiger partial charge in [-0.25, -0.2) is 0 Å². The zero-order valence-electron chi connectivity index (χ0n) is 10.0. The van der Waals surface area contributed by atoms with Crippen molar-refractivity contribution in [1.82, 2.24) is 9.80 Å². The summed E-state index contributed by atoms with van der Waals surface area (Å²) < 4.78 is 0. The van der Waals surface area contributed by atoms with Crippen LogP contribution in [0.4, 0.5) is 0 Å². The summed E-state index contributed by atoms with van der Waals surface area (Å²) in [4.78, 5) is 4.75. The smallest absolute Gasteiger partial charge is 0.0583 e. The summed E-state index contributed by atoms with van der Waals surface area (Å²) in [6, 6.07) is 0.636. The summed E-state index contributed by atoms with van der Waals surface area (Å²) in [5.41, 5.74) is 5.71. The summed E-state index contributed by atoms with van der Waals surface area (Å²) in [6.07, 6.45) is 3.50. The van der Waals surface area contributed by atoms with Crippen LogP contribution in [-0.2, 0) is 0 Å². The van der Waals surface area contributed by atoms with E-state index < -0.39 is 0 Å². The molecule has 0 amide bonds. The molecule has 0 aliphatic carbocycles. The van der Waals surface area contributed by atoms with Crippen LogP contribution in [-0.4, -0.2) is 67.3 Å². The number of hydrogen-bond donors (Lipinski definition) is 2. The van der Waals surface area contributed by atoms with Crippen LogP contribution < -0.4 is 5.73 Å². The molecule has 1 heterocycles. The maximum Gasteiger partial charge on any atom is 0.0583 e. The first-order valence-corrected chi connectivity index (χ1v) is 5.88. The fourth-order valence-corrected chi connectivity index (χ4v) is 2.24. The van der Waals surface area contributed by atoms with Crippen LogP contribution in [0.5, 0.6) is 0 Å². The van der Waals surface area contributed by atoms with Crippen LogP contribution in [0.25, 0.3) is 0 Å². The molecule has 0 radical (unpaired) electrons. The molecular weight excluding hydrogens is 190 g/mol. The first-order chi connectivity index (χ1) is 7.13. The number of aliphatic hydroxyl groups excluding tert-OH is 1. The molecule has 0 aromatic heterocycles. The minimum atomic E-state index is -0.0504. The van der Waals surface area contributed by atoms with Crippen molar-refractivity contribution in [3.05, 3.63) is 0 Å². The predicted octanol–water partition coefficient (Wildman–Crippen LogP) is -0.278. The maximum atomic E-state index is 8.87. The molecular formula is C11H25N3O. The van der Waals surface area contributed by atoms with Crippen molar-refractivity contribution in [1.29, 1.82) is 0 Å². The zero-order valence-corrected chi connectivity index (χ0v) is 10.0. The minimum absolute atomic E-state index is 0.0504. The molecule has 3 N–H and O–H groups in total. The predicted molar refractivity (Wildman–Crippen MR) is 62.8 cm³/mol. The van der Waals surface area contributed by atoms with E-state index in [0.717, 1.165) is 19.5 Å². The Morgan fingerprint density at radius 2 is 2.27 bits per heavy atom. The number of rotatable bonds is 6. The third kappa shape index (κ3) is 4.47. The molecule has 90 valence electrons. The molecule has 15 heavy (non-hydrogen) atoms. The highest BCUT2D eigenvalue weighted by atomic mass is 16.3. The lowest BCUT2D eigenvalue weighted by molar-refractivity contribution is 0.189. The SMILES string of the molecule is CN(C)CC1CCCN1CCC(N)CO. The highest BCUT2D eigenvalue weighted by Gasteiger charge is 2.24. The first kappa shape index (κ1) is 12.9. The van der Waals surface area contributed by atoms with Gasteiger partial charge >= 0.3 is 0 Å². The van der Waals surface area contributed by atoms with Gasteiger partial charge in [0, 0.05) is 25.2 Å². The number of likely N-dealkylation sites (N-methyl/N-ethyl adjacent to an activating group) is 1. The number of nitrogens with zero attached hydrogens (tertiary/aromatic N) is 2. The van der Waals surface area contributed by atoms with E-state index in [1.807, 2.05) is 0 Å². The largest absolute Gasteiger partial charge is 0.395 e. The second-order valence-corrected chi connectivity index (χ2v) is 4.83. The molecule has 1 fully saturated rings. The number of hydrogen-bond acceptors (Lipinski definition) is 4. The van der Waals surface area contributed by atoms with Gasteiger partial charge in [0.15, 0.2) is 0 Å². The lowest BCUT2D eigenvalue weighted by atomic mass is 10.2. The highest BCUT2D eigenvalue weighted by molar-refractivity contribution is 4.81. The Balaban J connectivity index is 2.26. The Bertz CT molecular complexity index is 175. The van der Waals surface area contributed by atoms with Crippen molar-refractivity contribution in [3.8, 4) is 0 Å². The second-order valence-electron chi connectivity index (χ2n) is 4.83. The average molecular weight is 215 g/mol. The van der Waals surface area contributed by atoms with E-state index in [1.165, 1.54) is 19.4 Å². The first-order valence-electron chi connectivity index (χ1n) is 5.88. The quantitative estimate of drug-likeness (QED) is 0.640. The fourth-order valence-electron chi connectivity index (χ4n) is 2.24. The van der Waals surface area contributed by atoms with Crippen LogP contribution in [0.15, 0.2) is 0 Å². The van der Waals surface area contributed by atoms with Crippen molar-refractivity contribution in [2.75, 3.05) is 40.3 Å². The Labute approximate surface area is 93.0 Å². The molecule has 1 aliphatic rings. The topological polar surface area (TPSA) is 52.7 Å². The molecule has 0 spiro atoms. The lowest BCUT2D eigenvalue weighted by Crippen LogP contribution is -2.40. The fraction of sp³-hybridized carbons (Fsp3) is 1.00. The van der Waals surface area contributed by atoms with Crippen molar-refractivity contribution < 1.29 is 5.11 Å². The zero-order chi connectivity index (χ0) is 11.3. The van der Waals surface area contributed by atoms with E-state index in [0.29, 0.717) is 6.04 Å². The van der Waals surface area contributed by atoms with Gasteiger partial charge in [-0.1, -0.05) is 0 Å². The van der Waals surface area contributed by atoms with Crippen molar-refractivity contribution in [2.24, 2.45) is 5.73 Å². The van der Waals surface area contributed by atoms with Gasteiger partial charge in [0.1, 0.15) is 0 Å². The van der Waals surface area contributed by atoms with Gasteiger partial charge in [-0.05, 0) is 39.9 Å². The molecule has 0 aromatic carbocycles. The Morgan fingerprint density at radius 1 is 1.53 bits per heavy atom. The third-order valence-electron chi connectivity index (χ3n) is 3.10. The second kappa shape index (κ2) is 6.43. The third-order valence-corrected chi connectivity index (χ3v) is 3.10. The van der Waals surface area contributed by atoms with Gasteiger partial charge in [-0.15, -0.1) is 0 Å². The summed E-state index contributed by atoms with van der Waals surface area (Å²) in [7, 11) is 4.24. The van der Waals surface area contributed by atoms with E-state index in [1.54, 1.807) is 0 Å². The molecule has 2 unspecified atom stereocenters. The molecule has 0 bridgehead atoms. The maximum absolute atomic E-state index is 8.87. The molecule has 1 aliphatic heterocycles. The van der Waals surface area contributed by atoms with E-state index in [-0.39, 0.29) is 12.6 Å². The van der Waals surface area contributed by atoms with E-state index in [4.69, 9.17) is 10.8 Å². The Morgan fingerprint density at radius 3 is 2.87 bits per heavy atom. The summed E-state index contributed by atoms with van der Waals surface area (Å²) in [5, 5.41) is 8.87. The molecule has 1 rings (SSSR count). The summed E-state index contributed by atoms with van der Waals surface area (Å²) in [6.45, 7) is 3.46. The Kier molecular flexibility index (Phi) is 5.53. The number of nitrogens with two attached hydrogens (primary N) is 1. The van der Waals surface area contributed by atoms with Crippen molar-refractivity contribution in [3.63, 3.8) is 0 Å². The standard InChI is InChI=1S/C11H25N3O/c1-13(2)8-11-4-3-6-14(11)7-5-10(12)9-15/h10-11,15H,3-9,12H2,1-2H3. The van der Waals surface area contributed by atoms with Crippen LogP contribution in [0.2, 0.25) is 0 Å². The van der Waals surface area contributed by atoms with E-state index in [9.17, 15) is 0 Å². The van der Waals surface area contributed by atoms with Gasteiger partial charge in [-0.2, -0.15) is 0 Å². The van der Waals surface area contributed by atoms with Gasteiger partial charge in [0.25, 0.3) is 0 Å². The van der Waals surface area contributed by atoms with Crippen LogP contribution in [0.1, 0.15) is 19.3 Å². The average Bonchev–Trinajstić information content (AvgIpc) is 2.61. The van der Waals surface area contributed by atoms with E-state index >= 15 is 0 Å². The van der Waals surface area contributed by atoms with Gasteiger partial charge in [0.05, 0.1) is 6.61 Å². The van der Waals surface area contributed by atoms with Gasteiger partial charge in [0.2, 0.25) is 0 Å². The number of aliphatic hydroxyl groups is 1. The highest BCUT2D eigenvalue weighted by Crippen LogP contribution is 2.17. The molecule has 2 atom stereocenters. The molecule has 1 saturated heterocycles. The van der Waals surface area contributed by atoms with Crippen LogP contribution >= 0.6 is 0 Å². The van der Waals surface area contributed by atoms with E-state index in [2.05, 4.69) is 23.9 Å². The molecule has 0 aromatic rings. The molecule has 4 nitrogen and oxygen atoms in total. The van der Waals surface area contributed by atoms with Crippen LogP contribution in [0.3, 0.4) is 0 Å². The Hall–Kier alpha value is -0.160. The lowest BCUT2D eigenvalue weighted by Gasteiger charge is -2.27. The van der Waals surface area contributed by atoms with Gasteiger partial charge in [-0.3, -0.25) is 4.90 Å². The molecule has 4 heteroatoms. The summed E-state index contributed by atoms with van der Waals surface area (Å²) in [5.74, 6) is 0. The van der Waals surface area contributed by atoms with Gasteiger partial charge < -0.3 is 15.7 Å². The monoisotopic (exact) mass is 215 g/mol. The van der Waals surface area contributed by atoms with Crippen molar-refractivity contribution in [2.45, 2.75) is 31.3 Å². The summed E-state index contributed by atoms with van der Waals surface area (Å²) >= 11 is 0. The number of likely N-dealkylation sites (tertiary alicyclic amines) is 1. The minimum Gasteiger partial charge on any atom is -0.395 e. The normalized spacial score (nSPS) is 25.0. The van der Waals surface area contributed by atoms with Crippen molar-refractivity contribution >= 4 is 0 Å². The van der Waals surface area contributed by atoms with Crippen LogP contribution in [0, 0.1) is 0 Å².